The van der Waals surface area contributed by atoms with Gasteiger partial charge in [-0.05, 0) is 37.0 Å². The summed E-state index contributed by atoms with van der Waals surface area (Å²) in [6.07, 6.45) is 4.25. The van der Waals surface area contributed by atoms with Gasteiger partial charge in [0.1, 0.15) is 19.8 Å². The van der Waals surface area contributed by atoms with E-state index in [9.17, 15) is 14.4 Å². The molecule has 2 saturated heterocycles. The van der Waals surface area contributed by atoms with Gasteiger partial charge in [0.25, 0.3) is 11.8 Å². The molecular formula is C23H26ClN5O4. The van der Waals surface area contributed by atoms with Gasteiger partial charge in [0.15, 0.2) is 0 Å². The number of amides is 3. The lowest BCUT2D eigenvalue weighted by Crippen LogP contribution is -2.52. The molecule has 3 amide bonds. The number of halogens is 1. The number of morpholine rings is 1. The van der Waals surface area contributed by atoms with E-state index in [1.165, 1.54) is 0 Å². The lowest BCUT2D eigenvalue weighted by atomic mass is 9.93. The average molecular weight is 472 g/mol. The minimum Gasteiger partial charge on any atom is -0.362 e. The number of hydrogen-bond donors (Lipinski definition) is 0. The molecule has 1 atom stereocenters. The Bertz CT molecular complexity index is 1060. The highest BCUT2D eigenvalue weighted by atomic mass is 35.5. The van der Waals surface area contributed by atoms with E-state index in [0.29, 0.717) is 23.9 Å². The molecule has 10 heteroatoms. The maximum Gasteiger partial charge on any atom is 0.255 e. The summed E-state index contributed by atoms with van der Waals surface area (Å²) >= 11 is 6.24. The average Bonchev–Trinajstić information content (AvgIpc) is 2.81. The van der Waals surface area contributed by atoms with Crippen LogP contribution in [0.3, 0.4) is 0 Å². The Morgan fingerprint density at radius 1 is 1.21 bits per heavy atom. The van der Waals surface area contributed by atoms with Crippen LogP contribution in [-0.4, -0.2) is 77.9 Å². The van der Waals surface area contributed by atoms with Crippen LogP contribution in [0.15, 0.2) is 30.5 Å². The molecular weight excluding hydrogens is 446 g/mol. The van der Waals surface area contributed by atoms with Crippen LogP contribution in [0.2, 0.25) is 5.02 Å². The highest BCUT2D eigenvalue weighted by Crippen LogP contribution is 2.37. The Labute approximate surface area is 197 Å². The van der Waals surface area contributed by atoms with Gasteiger partial charge in [0.2, 0.25) is 11.9 Å². The molecule has 1 aromatic heterocycles. The zero-order valence-electron chi connectivity index (χ0n) is 18.7. The minimum atomic E-state index is -0.496. The molecule has 3 heterocycles. The number of carbonyl (C=O) groups is 3. The summed E-state index contributed by atoms with van der Waals surface area (Å²) in [7, 11) is 3.72. The number of hydrogen-bond acceptors (Lipinski definition) is 7. The van der Waals surface area contributed by atoms with Crippen LogP contribution in [0.4, 0.5) is 5.95 Å². The first-order valence-corrected chi connectivity index (χ1v) is 11.2. The first-order chi connectivity index (χ1) is 15.8. The summed E-state index contributed by atoms with van der Waals surface area (Å²) < 4.78 is 4.95. The largest absolute Gasteiger partial charge is 0.362 e. The summed E-state index contributed by atoms with van der Waals surface area (Å²) in [4.78, 5) is 51.4. The molecule has 33 heavy (non-hydrogen) atoms. The van der Waals surface area contributed by atoms with Crippen molar-refractivity contribution in [2.24, 2.45) is 0 Å². The van der Waals surface area contributed by atoms with Gasteiger partial charge >= 0.3 is 0 Å². The molecule has 0 spiro atoms. The molecule has 1 aromatic carbocycles. The van der Waals surface area contributed by atoms with Gasteiger partial charge < -0.3 is 14.5 Å². The van der Waals surface area contributed by atoms with Crippen LogP contribution in [0.25, 0.3) is 11.1 Å². The zero-order chi connectivity index (χ0) is 23.5. The van der Waals surface area contributed by atoms with Gasteiger partial charge in [0.05, 0.1) is 11.7 Å². The van der Waals surface area contributed by atoms with Crippen molar-refractivity contribution < 1.29 is 19.1 Å². The molecule has 2 fully saturated rings. The van der Waals surface area contributed by atoms with Crippen LogP contribution in [-0.2, 0) is 19.1 Å². The number of likely N-dealkylation sites (tertiary alicyclic amines) is 1. The molecule has 4 rings (SSSR count). The molecule has 0 aliphatic carbocycles. The lowest BCUT2D eigenvalue weighted by molar-refractivity contribution is -0.162. The molecule has 0 bridgehead atoms. The number of carbonyl (C=O) groups excluding carboxylic acids is 3. The van der Waals surface area contributed by atoms with Crippen LogP contribution in [0.1, 0.15) is 31.0 Å². The summed E-state index contributed by atoms with van der Waals surface area (Å²) in [5.41, 5.74) is 2.38. The maximum absolute atomic E-state index is 13.3. The molecule has 2 aliphatic heterocycles. The normalized spacial score (nSPS) is 19.1. The number of aromatic nitrogens is 2. The molecule has 0 radical (unpaired) electrons. The van der Waals surface area contributed by atoms with E-state index in [1.807, 2.05) is 37.2 Å². The Hall–Kier alpha value is -3.04. The summed E-state index contributed by atoms with van der Waals surface area (Å²) in [6, 6.07) is 7.13. The van der Waals surface area contributed by atoms with Crippen LogP contribution in [0, 0.1) is 0 Å². The van der Waals surface area contributed by atoms with Crippen molar-refractivity contribution in [3.8, 4) is 11.1 Å². The van der Waals surface area contributed by atoms with Crippen molar-refractivity contribution in [1.29, 1.82) is 0 Å². The zero-order valence-corrected chi connectivity index (χ0v) is 19.4. The van der Waals surface area contributed by atoms with E-state index in [0.717, 1.165) is 34.6 Å². The second-order valence-corrected chi connectivity index (χ2v) is 8.78. The predicted molar refractivity (Wildman–Crippen MR) is 123 cm³/mol. The third-order valence-corrected chi connectivity index (χ3v) is 6.06. The lowest BCUT2D eigenvalue weighted by Gasteiger charge is -2.37. The Balaban J connectivity index is 1.70. The topological polar surface area (TPSA) is 95.9 Å². The van der Waals surface area contributed by atoms with E-state index < -0.39 is 11.8 Å². The molecule has 174 valence electrons. The number of nitrogens with zero attached hydrogens (tertiary/aromatic N) is 5. The van der Waals surface area contributed by atoms with Gasteiger partial charge in [0, 0.05) is 37.4 Å². The number of benzene rings is 1. The first-order valence-electron chi connectivity index (χ1n) is 10.9. The summed E-state index contributed by atoms with van der Waals surface area (Å²) in [6.45, 7) is -0.166. The van der Waals surface area contributed by atoms with Crippen LogP contribution in [0.5, 0.6) is 0 Å². The highest BCUT2D eigenvalue weighted by Gasteiger charge is 2.35. The van der Waals surface area contributed by atoms with Gasteiger partial charge in [-0.15, -0.1) is 0 Å². The fourth-order valence-electron chi connectivity index (χ4n) is 4.17. The number of rotatable bonds is 5. The fourth-order valence-corrected chi connectivity index (χ4v) is 4.36. The van der Waals surface area contributed by atoms with Crippen LogP contribution >= 0.6 is 11.6 Å². The van der Waals surface area contributed by atoms with Gasteiger partial charge in [-0.1, -0.05) is 23.7 Å². The minimum absolute atomic E-state index is 0.195. The van der Waals surface area contributed by atoms with Gasteiger partial charge in [-0.2, -0.15) is 0 Å². The highest BCUT2D eigenvalue weighted by molar-refractivity contribution is 6.30. The Morgan fingerprint density at radius 2 is 1.97 bits per heavy atom. The van der Waals surface area contributed by atoms with Crippen molar-refractivity contribution in [3.05, 3.63) is 41.2 Å². The van der Waals surface area contributed by atoms with E-state index in [4.69, 9.17) is 21.3 Å². The molecule has 0 N–H and O–H groups in total. The number of imide groups is 1. The van der Waals surface area contributed by atoms with Crippen molar-refractivity contribution in [3.63, 3.8) is 0 Å². The molecule has 2 aliphatic rings. The first kappa shape index (κ1) is 23.1. The summed E-state index contributed by atoms with van der Waals surface area (Å²) in [5.74, 6) is -0.743. The van der Waals surface area contributed by atoms with E-state index >= 15 is 0 Å². The second-order valence-electron chi connectivity index (χ2n) is 8.34. The van der Waals surface area contributed by atoms with Crippen molar-refractivity contribution in [2.75, 3.05) is 45.3 Å². The summed E-state index contributed by atoms with van der Waals surface area (Å²) in [5, 5.41) is 0.594. The Morgan fingerprint density at radius 3 is 2.67 bits per heavy atom. The Kier molecular flexibility index (Phi) is 6.90. The molecule has 2 aromatic rings. The quantitative estimate of drug-likeness (QED) is 0.617. The van der Waals surface area contributed by atoms with Crippen LogP contribution < -0.4 is 4.90 Å². The smallest absolute Gasteiger partial charge is 0.255 e. The van der Waals surface area contributed by atoms with Crippen molar-refractivity contribution in [1.82, 2.24) is 19.8 Å². The van der Waals surface area contributed by atoms with Crippen molar-refractivity contribution >= 4 is 35.3 Å². The third kappa shape index (κ3) is 4.99. The standard InChI is InChI=1S/C23H26ClN5O4/c1-27(2)23-25-11-17(15-6-5-7-16(24)10-15)22(26-23)18-8-3-4-9-28(18)19(30)12-29-20(31)13-33-14-21(29)32/h5-7,10-11,18H,3-4,8-9,12-14H2,1-2H3. The van der Waals surface area contributed by atoms with Gasteiger partial charge in [-0.25, -0.2) is 9.97 Å². The molecule has 9 nitrogen and oxygen atoms in total. The monoisotopic (exact) mass is 471 g/mol. The van der Waals surface area contributed by atoms with E-state index in [1.54, 1.807) is 17.2 Å². The molecule has 1 unspecified atom stereocenters. The van der Waals surface area contributed by atoms with E-state index in [2.05, 4.69) is 4.98 Å². The van der Waals surface area contributed by atoms with Gasteiger partial charge in [-0.3, -0.25) is 19.3 Å². The fraction of sp³-hybridized carbons (Fsp3) is 0.435. The van der Waals surface area contributed by atoms with Crippen molar-refractivity contribution in [2.45, 2.75) is 25.3 Å². The van der Waals surface area contributed by atoms with E-state index in [-0.39, 0.29) is 31.7 Å². The number of piperidine rings is 1. The molecule has 0 saturated carbocycles. The third-order valence-electron chi connectivity index (χ3n) is 5.83. The SMILES string of the molecule is CN(C)c1ncc(-c2cccc(Cl)c2)c(C2CCCCN2C(=O)CN2C(=O)COCC2=O)n1. The second kappa shape index (κ2) is 9.84. The number of anilines is 1. The maximum atomic E-state index is 13.3. The number of ether oxygens (including phenoxy) is 1. The predicted octanol–water partition coefficient (Wildman–Crippen LogP) is 2.30.